The highest BCUT2D eigenvalue weighted by molar-refractivity contribution is 5.98. The first-order valence-corrected chi connectivity index (χ1v) is 12.7. The van der Waals surface area contributed by atoms with Crippen LogP contribution in [0.3, 0.4) is 0 Å². The maximum atomic E-state index is 13.2. The van der Waals surface area contributed by atoms with Crippen LogP contribution >= 0.6 is 0 Å². The van der Waals surface area contributed by atoms with Gasteiger partial charge in [0.15, 0.2) is 17.2 Å². The maximum absolute atomic E-state index is 13.2. The molecule has 3 atom stereocenters. The summed E-state index contributed by atoms with van der Waals surface area (Å²) in [6, 6.07) is 10.8. The molecular formula is C28H36N2O7. The van der Waals surface area contributed by atoms with Crippen LogP contribution in [0.25, 0.3) is 0 Å². The minimum Gasteiger partial charge on any atom is -0.493 e. The van der Waals surface area contributed by atoms with E-state index in [4.69, 9.17) is 18.9 Å². The fourth-order valence-electron chi connectivity index (χ4n) is 4.22. The predicted octanol–water partition coefficient (Wildman–Crippen LogP) is 4.09. The Bertz CT molecular complexity index is 1060. The summed E-state index contributed by atoms with van der Waals surface area (Å²) in [5.74, 6) is -1.40. The van der Waals surface area contributed by atoms with Gasteiger partial charge in [0.25, 0.3) is 5.91 Å². The SMILES string of the molecule is COc1ccnc(C(=O)N[C@H]2CCCC[C@@H](Cc3ccccc3)[C@H](C)OC2=O)c1OCOC(=O)C(C)C. The quantitative estimate of drug-likeness (QED) is 0.395. The van der Waals surface area contributed by atoms with Crippen molar-refractivity contribution in [3.05, 3.63) is 53.9 Å². The summed E-state index contributed by atoms with van der Waals surface area (Å²) in [5, 5.41) is 2.76. The zero-order chi connectivity index (χ0) is 26.8. The van der Waals surface area contributed by atoms with E-state index in [9.17, 15) is 14.4 Å². The molecule has 9 nitrogen and oxygen atoms in total. The first-order valence-electron chi connectivity index (χ1n) is 12.7. The molecule has 1 aliphatic heterocycles. The fourth-order valence-corrected chi connectivity index (χ4v) is 4.22. The van der Waals surface area contributed by atoms with Crippen LogP contribution in [-0.4, -0.2) is 48.9 Å². The third kappa shape index (κ3) is 7.93. The van der Waals surface area contributed by atoms with E-state index in [-0.39, 0.29) is 35.1 Å². The first-order chi connectivity index (χ1) is 17.8. The number of nitrogens with zero attached hydrogens (tertiary/aromatic N) is 1. The number of aromatic nitrogens is 1. The van der Waals surface area contributed by atoms with E-state index in [2.05, 4.69) is 22.4 Å². The van der Waals surface area contributed by atoms with Gasteiger partial charge in [0.05, 0.1) is 13.0 Å². The van der Waals surface area contributed by atoms with E-state index in [0.29, 0.717) is 6.42 Å². The third-order valence-corrected chi connectivity index (χ3v) is 6.39. The van der Waals surface area contributed by atoms with E-state index in [1.807, 2.05) is 25.1 Å². The van der Waals surface area contributed by atoms with Crippen molar-refractivity contribution in [1.82, 2.24) is 10.3 Å². The minimum atomic E-state index is -0.829. The van der Waals surface area contributed by atoms with Gasteiger partial charge in [0, 0.05) is 12.3 Å². The van der Waals surface area contributed by atoms with E-state index >= 15 is 0 Å². The Balaban J connectivity index is 1.69. The number of cyclic esters (lactones) is 1. The topological polar surface area (TPSA) is 113 Å². The van der Waals surface area contributed by atoms with Crippen molar-refractivity contribution in [2.75, 3.05) is 13.9 Å². The molecule has 9 heteroatoms. The highest BCUT2D eigenvalue weighted by atomic mass is 16.7. The van der Waals surface area contributed by atoms with Gasteiger partial charge in [-0.15, -0.1) is 0 Å². The second-order valence-corrected chi connectivity index (χ2v) is 9.47. The standard InChI is InChI=1S/C28H36N2O7/c1-18(2)27(32)36-17-35-25-23(34-4)14-15-29-24(25)26(31)30-22-13-9-8-12-21(19(3)37-28(22)33)16-20-10-6-5-7-11-20/h5-7,10-11,14-15,18-19,21-22H,8-9,12-13,16-17H2,1-4H3,(H,30,31)/t19-,21-,22-/m0/s1. The van der Waals surface area contributed by atoms with Crippen molar-refractivity contribution >= 4 is 17.8 Å². The predicted molar refractivity (Wildman–Crippen MR) is 136 cm³/mol. The molecule has 0 saturated carbocycles. The summed E-state index contributed by atoms with van der Waals surface area (Å²) in [6.07, 6.45) is 4.97. The molecule has 0 radical (unpaired) electrons. The number of hydrogen-bond acceptors (Lipinski definition) is 8. The Hall–Kier alpha value is -3.62. The Morgan fingerprint density at radius 3 is 2.57 bits per heavy atom. The zero-order valence-corrected chi connectivity index (χ0v) is 21.9. The number of rotatable bonds is 9. The van der Waals surface area contributed by atoms with Crippen LogP contribution in [0.15, 0.2) is 42.6 Å². The van der Waals surface area contributed by atoms with Crippen LogP contribution in [0.5, 0.6) is 11.5 Å². The molecule has 1 saturated heterocycles. The smallest absolute Gasteiger partial charge is 0.328 e. The normalized spacial score (nSPS) is 20.1. The zero-order valence-electron chi connectivity index (χ0n) is 21.9. The molecule has 0 spiro atoms. The summed E-state index contributed by atoms with van der Waals surface area (Å²) in [5.41, 5.74) is 1.12. The lowest BCUT2D eigenvalue weighted by atomic mass is 9.90. The van der Waals surface area contributed by atoms with Crippen molar-refractivity contribution in [2.45, 2.75) is 65.0 Å². The minimum absolute atomic E-state index is 0.0202. The van der Waals surface area contributed by atoms with Crippen molar-refractivity contribution in [2.24, 2.45) is 11.8 Å². The number of pyridine rings is 1. The number of benzene rings is 1. The summed E-state index contributed by atoms with van der Waals surface area (Å²) >= 11 is 0. The van der Waals surface area contributed by atoms with Crippen LogP contribution in [0.4, 0.5) is 0 Å². The van der Waals surface area contributed by atoms with Gasteiger partial charge in [-0.1, -0.05) is 57.0 Å². The molecule has 3 rings (SSSR count). The second kappa shape index (κ2) is 13.6. The molecule has 0 unspecified atom stereocenters. The van der Waals surface area contributed by atoms with Crippen LogP contribution in [-0.2, 0) is 25.5 Å². The van der Waals surface area contributed by atoms with E-state index in [0.717, 1.165) is 25.7 Å². The van der Waals surface area contributed by atoms with Crippen LogP contribution in [0, 0.1) is 11.8 Å². The summed E-state index contributed by atoms with van der Waals surface area (Å²) in [4.78, 5) is 42.1. The molecule has 1 N–H and O–H groups in total. The van der Waals surface area contributed by atoms with Crippen molar-refractivity contribution in [3.8, 4) is 11.5 Å². The number of ether oxygens (including phenoxy) is 4. The van der Waals surface area contributed by atoms with Crippen molar-refractivity contribution in [1.29, 1.82) is 0 Å². The number of hydrogen-bond donors (Lipinski definition) is 1. The Morgan fingerprint density at radius 2 is 1.86 bits per heavy atom. The molecule has 200 valence electrons. The molecule has 2 aromatic rings. The molecule has 1 fully saturated rings. The second-order valence-electron chi connectivity index (χ2n) is 9.47. The lowest BCUT2D eigenvalue weighted by molar-refractivity contribution is -0.154. The first kappa shape index (κ1) is 28.0. The number of esters is 2. The Kier molecular flexibility index (Phi) is 10.3. The lowest BCUT2D eigenvalue weighted by Gasteiger charge is -2.25. The summed E-state index contributed by atoms with van der Waals surface area (Å²) in [7, 11) is 1.42. The van der Waals surface area contributed by atoms with Gasteiger partial charge in [0.2, 0.25) is 6.79 Å². The van der Waals surface area contributed by atoms with Gasteiger partial charge in [-0.05, 0) is 37.7 Å². The van der Waals surface area contributed by atoms with Crippen molar-refractivity contribution < 1.29 is 33.3 Å². The molecule has 37 heavy (non-hydrogen) atoms. The van der Waals surface area contributed by atoms with E-state index in [1.165, 1.54) is 24.9 Å². The van der Waals surface area contributed by atoms with Crippen molar-refractivity contribution in [3.63, 3.8) is 0 Å². The molecule has 0 bridgehead atoms. The molecule has 1 aromatic carbocycles. The van der Waals surface area contributed by atoms with Gasteiger partial charge in [-0.3, -0.25) is 9.59 Å². The molecular weight excluding hydrogens is 476 g/mol. The number of nitrogens with one attached hydrogen (secondary N) is 1. The molecule has 0 aliphatic carbocycles. The number of carbonyl (C=O) groups is 3. The average Bonchev–Trinajstić information content (AvgIpc) is 2.95. The van der Waals surface area contributed by atoms with Gasteiger partial charge in [0.1, 0.15) is 12.1 Å². The summed E-state index contributed by atoms with van der Waals surface area (Å²) in [6.45, 7) is 4.90. The van der Waals surface area contributed by atoms with Gasteiger partial charge in [-0.2, -0.15) is 0 Å². The Morgan fingerprint density at radius 1 is 1.14 bits per heavy atom. The molecule has 1 aliphatic rings. The van der Waals surface area contributed by atoms with Crippen LogP contribution in [0.2, 0.25) is 0 Å². The third-order valence-electron chi connectivity index (χ3n) is 6.39. The van der Waals surface area contributed by atoms with E-state index in [1.54, 1.807) is 13.8 Å². The van der Waals surface area contributed by atoms with Crippen LogP contribution in [0.1, 0.15) is 62.5 Å². The molecule has 1 amide bonds. The monoisotopic (exact) mass is 512 g/mol. The maximum Gasteiger partial charge on any atom is 0.328 e. The van der Waals surface area contributed by atoms with E-state index < -0.39 is 30.7 Å². The lowest BCUT2D eigenvalue weighted by Crippen LogP contribution is -2.43. The number of amides is 1. The largest absolute Gasteiger partial charge is 0.493 e. The summed E-state index contributed by atoms with van der Waals surface area (Å²) < 4.78 is 21.7. The highest BCUT2D eigenvalue weighted by Gasteiger charge is 2.31. The van der Waals surface area contributed by atoms with Gasteiger partial charge < -0.3 is 24.3 Å². The van der Waals surface area contributed by atoms with Crippen LogP contribution < -0.4 is 14.8 Å². The number of methoxy groups -OCH3 is 1. The van der Waals surface area contributed by atoms with Gasteiger partial charge in [-0.25, -0.2) is 9.78 Å². The number of carbonyl (C=O) groups excluding carboxylic acids is 3. The molecule has 1 aromatic heterocycles. The Labute approximate surface area is 217 Å². The fraction of sp³-hybridized carbons (Fsp3) is 0.500. The molecule has 2 heterocycles. The van der Waals surface area contributed by atoms with Gasteiger partial charge >= 0.3 is 11.9 Å². The highest BCUT2D eigenvalue weighted by Crippen LogP contribution is 2.30. The average molecular weight is 513 g/mol.